The van der Waals surface area contributed by atoms with Crippen molar-refractivity contribution < 1.29 is 4.79 Å². The number of carbonyl (C=O) groups excluding carboxylic acids is 1. The van der Waals surface area contributed by atoms with E-state index in [1.807, 2.05) is 49.5 Å². The van der Waals surface area contributed by atoms with E-state index in [1.54, 1.807) is 4.90 Å². The first-order valence-corrected chi connectivity index (χ1v) is 11.4. The molecule has 1 saturated heterocycles. The highest BCUT2D eigenvalue weighted by Gasteiger charge is 2.38. The van der Waals surface area contributed by atoms with Gasteiger partial charge in [-0.3, -0.25) is 14.7 Å². The number of benzene rings is 2. The maximum Gasteiger partial charge on any atom is 0.273 e. The summed E-state index contributed by atoms with van der Waals surface area (Å²) in [6, 6.07) is 18.5. The fourth-order valence-corrected chi connectivity index (χ4v) is 5.51. The lowest BCUT2D eigenvalue weighted by Gasteiger charge is -2.27. The quantitative estimate of drug-likeness (QED) is 0.579. The lowest BCUT2D eigenvalue weighted by Crippen LogP contribution is -2.31. The molecule has 30 heavy (non-hydrogen) atoms. The minimum Gasteiger partial charge on any atom is -0.343 e. The number of anilines is 2. The molecule has 2 aromatic carbocycles. The van der Waals surface area contributed by atoms with Crippen molar-refractivity contribution in [3.05, 3.63) is 76.8 Å². The van der Waals surface area contributed by atoms with Crippen molar-refractivity contribution in [1.82, 2.24) is 0 Å². The Morgan fingerprint density at radius 3 is 2.47 bits per heavy atom. The Morgan fingerprint density at radius 1 is 0.933 bits per heavy atom. The Balaban J connectivity index is 1.57. The van der Waals surface area contributed by atoms with Gasteiger partial charge in [0.15, 0.2) is 5.17 Å². The zero-order valence-corrected chi connectivity index (χ0v) is 17.9. The van der Waals surface area contributed by atoms with E-state index in [0.29, 0.717) is 6.04 Å². The van der Waals surface area contributed by atoms with Crippen LogP contribution in [-0.4, -0.2) is 24.2 Å². The number of hydrogen-bond donors (Lipinski definition) is 0. The first kappa shape index (κ1) is 19.2. The minimum absolute atomic E-state index is 0.00615. The monoisotopic (exact) mass is 415 g/mol. The van der Waals surface area contributed by atoms with Crippen LogP contribution in [0.4, 0.5) is 11.4 Å². The van der Waals surface area contributed by atoms with Crippen molar-refractivity contribution in [2.24, 2.45) is 4.99 Å². The number of thioether (sulfide) groups is 1. The van der Waals surface area contributed by atoms with E-state index in [2.05, 4.69) is 29.2 Å². The number of hydrogen-bond acceptors (Lipinski definition) is 4. The molecule has 1 aliphatic carbocycles. The fourth-order valence-electron chi connectivity index (χ4n) is 4.36. The molecule has 2 fully saturated rings. The van der Waals surface area contributed by atoms with Gasteiger partial charge in [0.25, 0.3) is 5.91 Å². The van der Waals surface area contributed by atoms with Crippen molar-refractivity contribution in [2.45, 2.75) is 38.1 Å². The predicted molar refractivity (Wildman–Crippen MR) is 127 cm³/mol. The number of fused-ring (bicyclic) bond motifs is 1. The third kappa shape index (κ3) is 3.47. The number of likely N-dealkylation sites (N-methyl/N-ethyl adjacent to an activating group) is 1. The fraction of sp³-hybridized carbons (Fsp3) is 0.280. The lowest BCUT2D eigenvalue weighted by atomic mass is 9.96. The van der Waals surface area contributed by atoms with Gasteiger partial charge in [-0.25, -0.2) is 0 Å². The minimum atomic E-state index is 0.00615. The summed E-state index contributed by atoms with van der Waals surface area (Å²) in [6.45, 7) is 0. The Kier molecular flexibility index (Phi) is 5.21. The maximum absolute atomic E-state index is 13.6. The van der Waals surface area contributed by atoms with Gasteiger partial charge in [0, 0.05) is 12.7 Å². The summed E-state index contributed by atoms with van der Waals surface area (Å²) in [4.78, 5) is 23.3. The molecule has 0 atom stereocenters. The molecule has 0 unspecified atom stereocenters. The van der Waals surface area contributed by atoms with E-state index in [1.165, 1.54) is 31.0 Å². The maximum atomic E-state index is 13.6. The molecule has 2 aliphatic heterocycles. The summed E-state index contributed by atoms with van der Waals surface area (Å²) in [7, 11) is 2.03. The van der Waals surface area contributed by atoms with Crippen LogP contribution >= 0.6 is 11.8 Å². The Morgan fingerprint density at radius 2 is 1.67 bits per heavy atom. The summed E-state index contributed by atoms with van der Waals surface area (Å²) in [5.41, 5.74) is 4.08. The van der Waals surface area contributed by atoms with Gasteiger partial charge in [0.05, 0.1) is 17.4 Å². The average molecular weight is 416 g/mol. The molecule has 5 heteroatoms. The number of allylic oxidation sites excluding steroid dienone is 1. The van der Waals surface area contributed by atoms with E-state index < -0.39 is 0 Å². The zero-order chi connectivity index (χ0) is 20.5. The molecule has 0 aromatic heterocycles. The smallest absolute Gasteiger partial charge is 0.273 e. The molecule has 1 saturated carbocycles. The third-order valence-electron chi connectivity index (χ3n) is 5.98. The van der Waals surface area contributed by atoms with Gasteiger partial charge in [0.1, 0.15) is 4.91 Å². The average Bonchev–Trinajstić information content (AvgIpc) is 3.11. The van der Waals surface area contributed by atoms with Crippen LogP contribution in [0.15, 0.2) is 76.3 Å². The molecular weight excluding hydrogens is 390 g/mol. The first-order chi connectivity index (χ1) is 14.7. The summed E-state index contributed by atoms with van der Waals surface area (Å²) < 4.78 is 0. The second-order valence-corrected chi connectivity index (χ2v) is 8.92. The number of amides is 1. The number of rotatable bonds is 2. The van der Waals surface area contributed by atoms with E-state index in [0.717, 1.165) is 45.5 Å². The van der Waals surface area contributed by atoms with Crippen molar-refractivity contribution in [1.29, 1.82) is 0 Å². The van der Waals surface area contributed by atoms with E-state index in [-0.39, 0.29) is 5.91 Å². The molecule has 1 amide bonds. The van der Waals surface area contributed by atoms with E-state index >= 15 is 0 Å². The molecule has 3 aliphatic rings. The van der Waals surface area contributed by atoms with Crippen LogP contribution in [0, 0.1) is 0 Å². The molecule has 4 nitrogen and oxygen atoms in total. The zero-order valence-electron chi connectivity index (χ0n) is 17.1. The molecule has 0 radical (unpaired) electrons. The van der Waals surface area contributed by atoms with Gasteiger partial charge in [0.2, 0.25) is 0 Å². The molecule has 5 rings (SSSR count). The first-order valence-electron chi connectivity index (χ1n) is 10.6. The van der Waals surface area contributed by atoms with Crippen LogP contribution in [0.1, 0.15) is 37.7 Å². The Hall–Kier alpha value is -2.79. The van der Waals surface area contributed by atoms with Crippen LogP contribution in [0.25, 0.3) is 6.08 Å². The van der Waals surface area contributed by atoms with Crippen molar-refractivity contribution >= 4 is 40.3 Å². The largest absolute Gasteiger partial charge is 0.343 e. The molecule has 152 valence electrons. The third-order valence-corrected chi connectivity index (χ3v) is 7.04. The molecule has 0 spiro atoms. The normalized spacial score (nSPS) is 23.4. The number of aliphatic imine (C=N–C) groups is 1. The van der Waals surface area contributed by atoms with Crippen molar-refractivity contribution in [3.8, 4) is 0 Å². The number of nitrogens with zero attached hydrogens (tertiary/aromatic N) is 3. The van der Waals surface area contributed by atoms with Crippen LogP contribution in [-0.2, 0) is 4.79 Å². The van der Waals surface area contributed by atoms with Crippen LogP contribution < -0.4 is 9.80 Å². The Bertz CT molecular complexity index is 1050. The van der Waals surface area contributed by atoms with Crippen LogP contribution in [0.5, 0.6) is 0 Å². The predicted octanol–water partition coefficient (Wildman–Crippen LogP) is 5.83. The summed E-state index contributed by atoms with van der Waals surface area (Å²) in [5.74, 6) is 0.00615. The highest BCUT2D eigenvalue weighted by Crippen LogP contribution is 2.41. The van der Waals surface area contributed by atoms with Gasteiger partial charge in [-0.15, -0.1) is 0 Å². The molecular formula is C25H25N3OS. The number of carbonyl (C=O) groups is 1. The number of amidine groups is 1. The standard InChI is InChI=1S/C25H25N3OS/c1-27-21-15-9-8-10-18(21)16-17-22(27)23-24(29)28(20-13-6-3-7-14-20)25(30-23)26-19-11-4-2-5-12-19/h3,6-10,13-17,19H,2,4-5,11-12H2,1H3/b23-22+,26-25?. The van der Waals surface area contributed by atoms with E-state index in [4.69, 9.17) is 4.99 Å². The lowest BCUT2D eigenvalue weighted by molar-refractivity contribution is -0.113. The summed E-state index contributed by atoms with van der Waals surface area (Å²) in [5, 5.41) is 0.807. The topological polar surface area (TPSA) is 35.9 Å². The summed E-state index contributed by atoms with van der Waals surface area (Å²) >= 11 is 1.51. The van der Waals surface area contributed by atoms with Gasteiger partial charge >= 0.3 is 0 Å². The highest BCUT2D eigenvalue weighted by atomic mass is 32.2. The highest BCUT2D eigenvalue weighted by molar-refractivity contribution is 8.19. The second kappa shape index (κ2) is 8.15. The summed E-state index contributed by atoms with van der Waals surface area (Å²) in [6.07, 6.45) is 10.1. The molecule has 0 bridgehead atoms. The molecule has 2 aromatic rings. The molecule has 2 heterocycles. The van der Waals surface area contributed by atoms with Gasteiger partial charge < -0.3 is 4.90 Å². The van der Waals surface area contributed by atoms with Crippen molar-refractivity contribution in [2.75, 3.05) is 16.8 Å². The van der Waals surface area contributed by atoms with Gasteiger partial charge in [-0.1, -0.05) is 61.7 Å². The van der Waals surface area contributed by atoms with E-state index in [9.17, 15) is 4.79 Å². The van der Waals surface area contributed by atoms with Crippen LogP contribution in [0.3, 0.4) is 0 Å². The second-order valence-electron chi connectivity index (χ2n) is 7.95. The molecule has 0 N–H and O–H groups in total. The van der Waals surface area contributed by atoms with Gasteiger partial charge in [-0.05, 0) is 54.4 Å². The van der Waals surface area contributed by atoms with Crippen molar-refractivity contribution in [3.63, 3.8) is 0 Å². The SMILES string of the molecule is CN1/C(=C2/SC(=NC3CCCCC3)N(c3ccccc3)C2=O)C=Cc2ccccc21. The van der Waals surface area contributed by atoms with Gasteiger partial charge in [-0.2, -0.15) is 0 Å². The Labute approximate surface area is 182 Å². The van der Waals surface area contributed by atoms with Crippen LogP contribution in [0.2, 0.25) is 0 Å². The number of para-hydroxylation sites is 2.